The summed E-state index contributed by atoms with van der Waals surface area (Å²) in [5.41, 5.74) is 4.44. The molecule has 2 heterocycles. The number of nitrogens with zero attached hydrogens (tertiary/aromatic N) is 3. The zero-order chi connectivity index (χ0) is 26.6. The largest absolute Gasteiger partial charge is 0.490 e. The molecule has 2 fully saturated rings. The van der Waals surface area contributed by atoms with Crippen LogP contribution in [-0.2, 0) is 0 Å². The van der Waals surface area contributed by atoms with Gasteiger partial charge in [-0.3, -0.25) is 14.8 Å². The molecule has 1 saturated heterocycles. The smallest absolute Gasteiger partial charge is 0.263 e. The van der Waals surface area contributed by atoms with E-state index in [2.05, 4.69) is 14.8 Å². The number of alkyl halides is 2. The van der Waals surface area contributed by atoms with Gasteiger partial charge in [0, 0.05) is 44.3 Å². The molecule has 4 atom stereocenters. The maximum atomic E-state index is 15.0. The van der Waals surface area contributed by atoms with Crippen molar-refractivity contribution < 1.29 is 18.6 Å². The van der Waals surface area contributed by atoms with Crippen molar-refractivity contribution in [1.82, 2.24) is 14.8 Å². The van der Waals surface area contributed by atoms with Crippen LogP contribution >= 0.6 is 74.4 Å². The van der Waals surface area contributed by atoms with Gasteiger partial charge in [0.05, 0.1) is 23.4 Å². The number of aliphatic hydroxyl groups is 1. The second-order valence-electron chi connectivity index (χ2n) is 10.9. The Morgan fingerprint density at radius 3 is 1.87 bits per heavy atom. The van der Waals surface area contributed by atoms with Gasteiger partial charge >= 0.3 is 0 Å². The minimum Gasteiger partial charge on any atom is -0.490 e. The Hall–Kier alpha value is -1.65. The monoisotopic (exact) mass is 743 g/mol. The average Bonchev–Trinajstić information content (AvgIpc) is 3.58. The van der Waals surface area contributed by atoms with Crippen molar-refractivity contribution in [3.05, 3.63) is 107 Å². The van der Waals surface area contributed by atoms with Crippen LogP contribution in [0.3, 0.4) is 0 Å². The Kier molecular flexibility index (Phi) is 15.6. The quantitative estimate of drug-likeness (QED) is 0.219. The third-order valence-electron chi connectivity index (χ3n) is 8.58. The maximum Gasteiger partial charge on any atom is 0.263 e. The lowest BCUT2D eigenvalue weighted by Crippen LogP contribution is -2.50. The minimum absolute atomic E-state index is 0. The van der Waals surface area contributed by atoms with Crippen LogP contribution in [0.4, 0.5) is 8.78 Å². The molecule has 1 N–H and O–H groups in total. The van der Waals surface area contributed by atoms with Gasteiger partial charge in [-0.25, -0.2) is 8.78 Å². The lowest BCUT2D eigenvalue weighted by Gasteiger charge is -2.41. The van der Waals surface area contributed by atoms with Crippen molar-refractivity contribution in [2.24, 2.45) is 0 Å². The molecule has 0 amide bonds. The molecule has 2 aliphatic carbocycles. The van der Waals surface area contributed by atoms with Gasteiger partial charge in [-0.05, 0) is 46.5 Å². The molecule has 0 spiro atoms. The molecule has 0 radical (unpaired) electrons. The molecule has 45 heavy (non-hydrogen) atoms. The Bertz CT molecular complexity index is 1470. The molecule has 1 aromatic heterocycles. The van der Waals surface area contributed by atoms with Gasteiger partial charge in [0.2, 0.25) is 0 Å². The van der Waals surface area contributed by atoms with Crippen molar-refractivity contribution in [1.29, 1.82) is 0 Å². The molecule has 0 bridgehead atoms. The van der Waals surface area contributed by atoms with E-state index in [0.29, 0.717) is 6.54 Å². The fraction of sp³-hybridized carbons (Fsp3) is 0.344. The average molecular weight is 746 g/mol. The molecule has 7 rings (SSSR count). The molecular formula is C32H37Cl6F2N3O2. The summed E-state index contributed by atoms with van der Waals surface area (Å²) in [6.45, 7) is 3.89. The first-order chi connectivity index (χ1) is 19.0. The van der Waals surface area contributed by atoms with Crippen molar-refractivity contribution in [2.45, 2.75) is 29.9 Å². The lowest BCUT2D eigenvalue weighted by molar-refractivity contribution is 0.0400. The van der Waals surface area contributed by atoms with Crippen LogP contribution in [-0.4, -0.2) is 71.2 Å². The van der Waals surface area contributed by atoms with Gasteiger partial charge < -0.3 is 9.84 Å². The number of halogens is 8. The molecule has 1 aliphatic heterocycles. The van der Waals surface area contributed by atoms with E-state index in [-0.39, 0.29) is 87.1 Å². The van der Waals surface area contributed by atoms with Gasteiger partial charge in [0.1, 0.15) is 18.5 Å². The molecular weight excluding hydrogens is 709 g/mol. The molecule has 1 saturated carbocycles. The number of rotatable bonds is 6. The summed E-state index contributed by atoms with van der Waals surface area (Å²) in [5, 5.41) is 11.7. The highest BCUT2D eigenvalue weighted by Crippen LogP contribution is 2.70. The number of hydrogen-bond donors (Lipinski definition) is 1. The SMILES string of the molecule is Cl.Cl.Cl.Cl.Cl.Cl.O[C@@H](COc1cccc2ncccc12)CN1CCN(C2c3ccccc3[C@@H]3[C@H](c4ccccc42)C3(F)F)CC1. The van der Waals surface area contributed by atoms with Crippen LogP contribution in [0.25, 0.3) is 10.9 Å². The number of fused-ring (bicyclic) bond motifs is 6. The van der Waals surface area contributed by atoms with E-state index in [1.54, 1.807) is 6.20 Å². The fourth-order valence-corrected chi connectivity index (χ4v) is 6.69. The number of β-amino-alcohol motifs (C(OH)–C–C–N with tert-alkyl or cyclic N) is 1. The minimum atomic E-state index is -2.70. The van der Waals surface area contributed by atoms with Gasteiger partial charge in [0.15, 0.2) is 0 Å². The lowest BCUT2D eigenvalue weighted by atomic mass is 9.90. The Labute approximate surface area is 299 Å². The van der Waals surface area contributed by atoms with Crippen molar-refractivity contribution >= 4 is 85.3 Å². The molecule has 3 aromatic carbocycles. The summed E-state index contributed by atoms with van der Waals surface area (Å²) in [4.78, 5) is 9.04. The number of hydrogen-bond acceptors (Lipinski definition) is 5. The number of pyridine rings is 1. The molecule has 1 unspecified atom stereocenters. The third-order valence-corrected chi connectivity index (χ3v) is 8.58. The number of ether oxygens (including phenoxy) is 1. The zero-order valence-corrected chi connectivity index (χ0v) is 28.9. The van der Waals surface area contributed by atoms with Crippen LogP contribution in [0.1, 0.15) is 40.1 Å². The molecule has 3 aliphatic rings. The van der Waals surface area contributed by atoms with Crippen molar-refractivity contribution in [3.63, 3.8) is 0 Å². The first-order valence-corrected chi connectivity index (χ1v) is 13.7. The number of aliphatic hydroxyl groups excluding tert-OH is 1. The van der Waals surface area contributed by atoms with Gasteiger partial charge in [-0.15, -0.1) is 74.4 Å². The summed E-state index contributed by atoms with van der Waals surface area (Å²) in [7, 11) is 0. The normalized spacial score (nSPS) is 21.4. The highest BCUT2D eigenvalue weighted by Gasteiger charge is 2.71. The summed E-state index contributed by atoms with van der Waals surface area (Å²) in [5.74, 6) is -3.46. The topological polar surface area (TPSA) is 48.8 Å². The predicted molar refractivity (Wildman–Crippen MR) is 190 cm³/mol. The van der Waals surface area contributed by atoms with E-state index >= 15 is 0 Å². The second kappa shape index (κ2) is 17.0. The van der Waals surface area contributed by atoms with Crippen LogP contribution in [0.5, 0.6) is 5.75 Å². The Morgan fingerprint density at radius 2 is 1.29 bits per heavy atom. The highest BCUT2D eigenvalue weighted by atomic mass is 35.5. The number of benzene rings is 3. The van der Waals surface area contributed by atoms with Crippen molar-refractivity contribution in [2.75, 3.05) is 39.3 Å². The summed E-state index contributed by atoms with van der Waals surface area (Å²) in [6.07, 6.45) is 1.13. The van der Waals surface area contributed by atoms with Crippen LogP contribution < -0.4 is 4.74 Å². The third kappa shape index (κ3) is 7.75. The summed E-state index contributed by atoms with van der Waals surface area (Å²) < 4.78 is 35.9. The number of aromatic nitrogens is 1. The van der Waals surface area contributed by atoms with E-state index in [9.17, 15) is 13.9 Å². The van der Waals surface area contributed by atoms with Gasteiger partial charge in [0.25, 0.3) is 5.92 Å². The summed E-state index contributed by atoms with van der Waals surface area (Å²) in [6, 6.07) is 25.1. The molecule has 248 valence electrons. The van der Waals surface area contributed by atoms with Gasteiger partial charge in [-0.1, -0.05) is 54.6 Å². The van der Waals surface area contributed by atoms with E-state index in [1.807, 2.05) is 78.9 Å². The van der Waals surface area contributed by atoms with E-state index in [4.69, 9.17) is 4.74 Å². The summed E-state index contributed by atoms with van der Waals surface area (Å²) >= 11 is 0. The van der Waals surface area contributed by atoms with Crippen LogP contribution in [0.2, 0.25) is 0 Å². The maximum absolute atomic E-state index is 15.0. The van der Waals surface area contributed by atoms with Gasteiger partial charge in [-0.2, -0.15) is 0 Å². The van der Waals surface area contributed by atoms with E-state index in [1.165, 1.54) is 0 Å². The standard InChI is InChI=1S/C32H31F2N3O2.6ClH/c33-32(34)29-22-7-1-3-9-24(22)31(25-10-4-2-8-23(25)30(29)32)37-17-15-36(16-18-37)19-21(38)20-39-28-13-5-12-27-26(28)11-6-14-35-27;;;;;;/h1-14,21,29-31,38H,15-20H2;6*1H/t21-,29-,30+,31?;;;;;;/m1....../s1. The van der Waals surface area contributed by atoms with Crippen LogP contribution in [0.15, 0.2) is 85.1 Å². The van der Waals surface area contributed by atoms with E-state index < -0.39 is 23.9 Å². The molecule has 4 aromatic rings. The number of piperazine rings is 1. The van der Waals surface area contributed by atoms with Crippen molar-refractivity contribution in [3.8, 4) is 5.75 Å². The molecule has 5 nitrogen and oxygen atoms in total. The second-order valence-corrected chi connectivity index (χ2v) is 10.9. The predicted octanol–water partition coefficient (Wildman–Crippen LogP) is 7.74. The molecule has 13 heteroatoms. The fourth-order valence-electron chi connectivity index (χ4n) is 6.69. The first kappa shape index (κ1) is 41.4. The van der Waals surface area contributed by atoms with E-state index in [0.717, 1.165) is 65.1 Å². The highest BCUT2D eigenvalue weighted by molar-refractivity contribution is 5.86. The Balaban J connectivity index is 0.00000169. The van der Waals surface area contributed by atoms with Crippen LogP contribution in [0, 0.1) is 0 Å². The Morgan fingerprint density at radius 1 is 0.733 bits per heavy atom. The first-order valence-electron chi connectivity index (χ1n) is 13.7. The zero-order valence-electron chi connectivity index (χ0n) is 24.0.